The van der Waals surface area contributed by atoms with Crippen LogP contribution in [-0.2, 0) is 9.53 Å². The van der Waals surface area contributed by atoms with Crippen molar-refractivity contribution >= 4 is 5.97 Å². The van der Waals surface area contributed by atoms with E-state index in [0.29, 0.717) is 6.42 Å². The van der Waals surface area contributed by atoms with Crippen LogP contribution in [0, 0.1) is 0 Å². The quantitative estimate of drug-likeness (QED) is 0.424. The highest BCUT2D eigenvalue weighted by atomic mass is 16.5. The van der Waals surface area contributed by atoms with Gasteiger partial charge in [-0.25, -0.2) is 0 Å². The fourth-order valence-electron chi connectivity index (χ4n) is 1.99. The van der Waals surface area contributed by atoms with E-state index in [1.165, 1.54) is 45.4 Å². The Labute approximate surface area is 117 Å². The van der Waals surface area contributed by atoms with E-state index < -0.39 is 18.2 Å². The number of aliphatic hydroxyl groups excluding tert-OH is 2. The average Bonchev–Trinajstić information content (AvgIpc) is 2.38. The SMILES string of the molecule is CCCCCCCCCCC(O)C(O)COC(C)=O. The molecular formula is C15H30O4. The molecule has 4 nitrogen and oxygen atoms in total. The molecule has 0 aromatic heterocycles. The zero-order valence-corrected chi connectivity index (χ0v) is 12.4. The van der Waals surface area contributed by atoms with Crippen molar-refractivity contribution in [2.24, 2.45) is 0 Å². The summed E-state index contributed by atoms with van der Waals surface area (Å²) >= 11 is 0. The summed E-state index contributed by atoms with van der Waals surface area (Å²) in [7, 11) is 0. The molecule has 0 radical (unpaired) electrons. The van der Waals surface area contributed by atoms with E-state index in [2.05, 4.69) is 11.7 Å². The van der Waals surface area contributed by atoms with Gasteiger partial charge in [0.1, 0.15) is 12.7 Å². The predicted octanol–water partition coefficient (Wildman–Crippen LogP) is 2.80. The van der Waals surface area contributed by atoms with Crippen LogP contribution in [0.2, 0.25) is 0 Å². The van der Waals surface area contributed by atoms with Crippen molar-refractivity contribution in [2.75, 3.05) is 6.61 Å². The zero-order chi connectivity index (χ0) is 14.5. The molecule has 0 aliphatic carbocycles. The van der Waals surface area contributed by atoms with Gasteiger partial charge in [-0.05, 0) is 6.42 Å². The number of esters is 1. The topological polar surface area (TPSA) is 66.8 Å². The minimum Gasteiger partial charge on any atom is -0.463 e. The number of hydrogen-bond donors (Lipinski definition) is 2. The van der Waals surface area contributed by atoms with Crippen molar-refractivity contribution < 1.29 is 19.7 Å². The van der Waals surface area contributed by atoms with Crippen molar-refractivity contribution in [3.8, 4) is 0 Å². The standard InChI is InChI=1S/C15H30O4/c1-3-4-5-6-7-8-9-10-11-14(17)15(18)12-19-13(2)16/h14-15,17-18H,3-12H2,1-2H3. The first-order chi connectivity index (χ1) is 9.07. The summed E-state index contributed by atoms with van der Waals surface area (Å²) in [6.07, 6.45) is 8.46. The van der Waals surface area contributed by atoms with E-state index in [-0.39, 0.29) is 6.61 Å². The Morgan fingerprint density at radius 2 is 1.47 bits per heavy atom. The fourth-order valence-corrected chi connectivity index (χ4v) is 1.99. The number of carbonyl (C=O) groups excluding carboxylic acids is 1. The van der Waals surface area contributed by atoms with E-state index in [9.17, 15) is 15.0 Å². The smallest absolute Gasteiger partial charge is 0.302 e. The fraction of sp³-hybridized carbons (Fsp3) is 0.933. The van der Waals surface area contributed by atoms with Crippen molar-refractivity contribution in [2.45, 2.75) is 83.8 Å². The molecule has 2 N–H and O–H groups in total. The van der Waals surface area contributed by atoms with Gasteiger partial charge in [0, 0.05) is 6.92 Å². The summed E-state index contributed by atoms with van der Waals surface area (Å²) in [4.78, 5) is 10.6. The van der Waals surface area contributed by atoms with Gasteiger partial charge in [-0.3, -0.25) is 4.79 Å². The van der Waals surface area contributed by atoms with E-state index in [0.717, 1.165) is 12.8 Å². The van der Waals surface area contributed by atoms with Crippen LogP contribution in [0.4, 0.5) is 0 Å². The van der Waals surface area contributed by atoms with Gasteiger partial charge in [0.2, 0.25) is 0 Å². The maximum Gasteiger partial charge on any atom is 0.302 e. The lowest BCUT2D eigenvalue weighted by molar-refractivity contribution is -0.146. The lowest BCUT2D eigenvalue weighted by Gasteiger charge is -2.17. The molecule has 0 aliphatic heterocycles. The summed E-state index contributed by atoms with van der Waals surface area (Å²) < 4.78 is 4.66. The van der Waals surface area contributed by atoms with Crippen LogP contribution in [0.25, 0.3) is 0 Å². The molecule has 0 heterocycles. The Bertz CT molecular complexity index is 218. The van der Waals surface area contributed by atoms with Crippen molar-refractivity contribution in [3.05, 3.63) is 0 Å². The van der Waals surface area contributed by atoms with E-state index in [1.54, 1.807) is 0 Å². The second-order valence-corrected chi connectivity index (χ2v) is 5.20. The maximum atomic E-state index is 10.6. The minimum atomic E-state index is -0.964. The van der Waals surface area contributed by atoms with Crippen molar-refractivity contribution in [1.29, 1.82) is 0 Å². The van der Waals surface area contributed by atoms with Crippen LogP contribution in [0.15, 0.2) is 0 Å². The summed E-state index contributed by atoms with van der Waals surface area (Å²) in [6.45, 7) is 3.38. The van der Waals surface area contributed by atoms with Gasteiger partial charge in [0.15, 0.2) is 0 Å². The number of ether oxygens (including phenoxy) is 1. The summed E-state index contributed by atoms with van der Waals surface area (Å²) in [5.74, 6) is -0.432. The Hall–Kier alpha value is -0.610. The number of rotatable bonds is 12. The molecule has 0 spiro atoms. The van der Waals surface area contributed by atoms with Crippen LogP contribution in [0.1, 0.15) is 71.6 Å². The normalized spacial score (nSPS) is 14.1. The molecule has 0 rings (SSSR count). The Morgan fingerprint density at radius 1 is 0.947 bits per heavy atom. The molecule has 0 saturated carbocycles. The number of unbranched alkanes of at least 4 members (excludes halogenated alkanes) is 7. The molecule has 114 valence electrons. The van der Waals surface area contributed by atoms with Gasteiger partial charge in [-0.2, -0.15) is 0 Å². The number of carbonyl (C=O) groups is 1. The summed E-state index contributed by atoms with van der Waals surface area (Å²) in [6, 6.07) is 0. The largest absolute Gasteiger partial charge is 0.463 e. The van der Waals surface area contributed by atoms with Gasteiger partial charge < -0.3 is 14.9 Å². The molecule has 2 atom stereocenters. The van der Waals surface area contributed by atoms with Gasteiger partial charge in [0.25, 0.3) is 0 Å². The van der Waals surface area contributed by atoms with E-state index in [4.69, 9.17) is 0 Å². The van der Waals surface area contributed by atoms with Crippen LogP contribution in [-0.4, -0.2) is 35.0 Å². The molecule has 19 heavy (non-hydrogen) atoms. The van der Waals surface area contributed by atoms with E-state index >= 15 is 0 Å². The average molecular weight is 274 g/mol. The maximum absolute atomic E-state index is 10.6. The van der Waals surface area contributed by atoms with Gasteiger partial charge in [0.05, 0.1) is 6.10 Å². The second kappa shape index (κ2) is 12.4. The molecule has 0 aliphatic rings. The first-order valence-electron chi connectivity index (χ1n) is 7.57. The number of hydrogen-bond acceptors (Lipinski definition) is 4. The molecular weight excluding hydrogens is 244 g/mol. The Morgan fingerprint density at radius 3 is 2.00 bits per heavy atom. The highest BCUT2D eigenvalue weighted by Gasteiger charge is 2.16. The third-order valence-electron chi connectivity index (χ3n) is 3.25. The Balaban J connectivity index is 3.37. The second-order valence-electron chi connectivity index (χ2n) is 5.20. The molecule has 2 unspecified atom stereocenters. The third-order valence-corrected chi connectivity index (χ3v) is 3.25. The van der Waals surface area contributed by atoms with Crippen LogP contribution in [0.5, 0.6) is 0 Å². The highest BCUT2D eigenvalue weighted by Crippen LogP contribution is 2.12. The van der Waals surface area contributed by atoms with Gasteiger partial charge in [-0.15, -0.1) is 0 Å². The molecule has 0 bridgehead atoms. The molecule has 0 aromatic carbocycles. The molecule has 0 fully saturated rings. The molecule has 0 saturated heterocycles. The van der Waals surface area contributed by atoms with Gasteiger partial charge >= 0.3 is 5.97 Å². The lowest BCUT2D eigenvalue weighted by atomic mass is 10.0. The molecule has 0 amide bonds. The van der Waals surface area contributed by atoms with Crippen molar-refractivity contribution in [3.63, 3.8) is 0 Å². The Kier molecular flexibility index (Phi) is 12.0. The highest BCUT2D eigenvalue weighted by molar-refractivity contribution is 5.65. The van der Waals surface area contributed by atoms with Gasteiger partial charge in [-0.1, -0.05) is 58.3 Å². The zero-order valence-electron chi connectivity index (χ0n) is 12.4. The molecule has 4 heteroatoms. The van der Waals surface area contributed by atoms with Crippen LogP contribution in [0.3, 0.4) is 0 Å². The van der Waals surface area contributed by atoms with Crippen LogP contribution >= 0.6 is 0 Å². The van der Waals surface area contributed by atoms with E-state index in [1.807, 2.05) is 0 Å². The summed E-state index contributed by atoms with van der Waals surface area (Å²) in [5.41, 5.74) is 0. The predicted molar refractivity (Wildman–Crippen MR) is 75.9 cm³/mol. The molecule has 0 aromatic rings. The van der Waals surface area contributed by atoms with Crippen LogP contribution < -0.4 is 0 Å². The monoisotopic (exact) mass is 274 g/mol. The lowest BCUT2D eigenvalue weighted by Crippen LogP contribution is -2.31. The summed E-state index contributed by atoms with van der Waals surface area (Å²) in [5, 5.41) is 19.2. The van der Waals surface area contributed by atoms with Crippen molar-refractivity contribution in [1.82, 2.24) is 0 Å². The first-order valence-corrected chi connectivity index (χ1v) is 7.57. The minimum absolute atomic E-state index is 0.118. The first kappa shape index (κ1) is 18.4. The number of aliphatic hydroxyl groups is 2. The third kappa shape index (κ3) is 12.2.